The number of aryl methyl sites for hydroxylation is 2. The Hall–Kier alpha value is -5.24. The van der Waals surface area contributed by atoms with E-state index in [-0.39, 0.29) is 5.69 Å². The molecule has 5 aromatic heterocycles. The number of carboxylic acids is 1. The zero-order chi connectivity index (χ0) is 35.6. The molecule has 0 radical (unpaired) electrons. The second-order valence-electron chi connectivity index (χ2n) is 12.3. The predicted molar refractivity (Wildman–Crippen MR) is 182 cm³/mol. The van der Waals surface area contributed by atoms with Gasteiger partial charge in [-0.1, -0.05) is 12.1 Å². The molecule has 0 saturated heterocycles. The van der Waals surface area contributed by atoms with Gasteiger partial charge < -0.3 is 14.6 Å². The summed E-state index contributed by atoms with van der Waals surface area (Å²) in [5.41, 5.74) is 3.33. The fourth-order valence-corrected chi connectivity index (χ4v) is 3.91. The monoisotopic (exact) mass is 719 g/mol. The second-order valence-corrected chi connectivity index (χ2v) is 13.3. The molecule has 1 N–H and O–H groups in total. The van der Waals surface area contributed by atoms with E-state index in [9.17, 15) is 14.4 Å². The van der Waals surface area contributed by atoms with Crippen molar-refractivity contribution in [2.75, 3.05) is 0 Å². The highest BCUT2D eigenvalue weighted by molar-refractivity contribution is 9.10. The third-order valence-electron chi connectivity index (χ3n) is 5.77. The fraction of sp³-hybridized carbons (Fsp3) is 0.294. The van der Waals surface area contributed by atoms with Crippen LogP contribution in [-0.4, -0.2) is 68.7 Å². The van der Waals surface area contributed by atoms with Gasteiger partial charge in [-0.25, -0.2) is 29.3 Å². The molecule has 0 fully saturated rings. The number of halogens is 1. The third kappa shape index (κ3) is 12.2. The summed E-state index contributed by atoms with van der Waals surface area (Å²) in [6.45, 7) is 11.0. The molecule has 13 nitrogen and oxygen atoms in total. The number of esters is 2. The Kier molecular flexibility index (Phi) is 12.4. The molecular formula is C34H38BrN7O6. The van der Waals surface area contributed by atoms with Crippen LogP contribution in [0, 0.1) is 0 Å². The molecular weight excluding hydrogens is 682 g/mol. The van der Waals surface area contributed by atoms with Gasteiger partial charge in [0.1, 0.15) is 28.3 Å². The van der Waals surface area contributed by atoms with Gasteiger partial charge in [-0.2, -0.15) is 10.2 Å². The van der Waals surface area contributed by atoms with E-state index in [4.69, 9.17) is 14.6 Å². The van der Waals surface area contributed by atoms with E-state index >= 15 is 0 Å². The van der Waals surface area contributed by atoms with Crippen LogP contribution in [0.15, 0.2) is 84.2 Å². The lowest BCUT2D eigenvalue weighted by molar-refractivity contribution is 0.00505. The van der Waals surface area contributed by atoms with Crippen molar-refractivity contribution in [2.24, 2.45) is 14.1 Å². The van der Waals surface area contributed by atoms with E-state index in [1.165, 1.54) is 12.3 Å². The minimum Gasteiger partial charge on any atom is -0.477 e. The lowest BCUT2D eigenvalue weighted by Gasteiger charge is -2.19. The molecule has 0 spiro atoms. The maximum atomic E-state index is 11.8. The topological polar surface area (TPSA) is 164 Å². The molecule has 0 aliphatic heterocycles. The molecule has 5 aromatic rings. The summed E-state index contributed by atoms with van der Waals surface area (Å²) in [6.07, 6.45) is 11.9. The highest BCUT2D eigenvalue weighted by Gasteiger charge is 2.19. The van der Waals surface area contributed by atoms with Crippen molar-refractivity contribution >= 4 is 33.8 Å². The number of pyridine rings is 3. The second kappa shape index (κ2) is 16.0. The number of aromatic nitrogens is 7. The summed E-state index contributed by atoms with van der Waals surface area (Å²) >= 11 is 3.24. The van der Waals surface area contributed by atoms with Gasteiger partial charge >= 0.3 is 17.9 Å². The maximum absolute atomic E-state index is 11.8. The van der Waals surface area contributed by atoms with E-state index in [2.05, 4.69) is 41.1 Å². The molecule has 0 bridgehead atoms. The van der Waals surface area contributed by atoms with Gasteiger partial charge in [-0.15, -0.1) is 0 Å². The first kappa shape index (κ1) is 37.2. The summed E-state index contributed by atoms with van der Waals surface area (Å²) < 4.78 is 14.6. The standard InChI is InChI=1S/C14H17N3O2.C10H12BrNO2.C10H9N3O2/c1-14(2,3)19-13(18)12-6-5-10(7-15-12)11-8-16-17(4)9-11;1-10(2,3)14-9(13)8-5-4-7(11)6-12-8;1-13-6-8(5-12-13)7-2-3-9(10(14)15)11-4-7/h5-9H,1-4H3;4-6H,1-3H3;2-6H,1H3,(H,14,15). The number of aromatic carboxylic acids is 1. The number of rotatable bonds is 5. The summed E-state index contributed by atoms with van der Waals surface area (Å²) in [6, 6.07) is 10.1. The minimum absolute atomic E-state index is 0.0441. The average molecular weight is 721 g/mol. The molecule has 0 unspecified atom stereocenters. The van der Waals surface area contributed by atoms with Crippen molar-refractivity contribution in [2.45, 2.75) is 52.7 Å². The fourth-order valence-electron chi connectivity index (χ4n) is 3.67. The van der Waals surface area contributed by atoms with Crippen LogP contribution in [0.4, 0.5) is 0 Å². The van der Waals surface area contributed by atoms with Crippen molar-refractivity contribution < 1.29 is 29.0 Å². The van der Waals surface area contributed by atoms with Crippen molar-refractivity contribution in [1.82, 2.24) is 34.5 Å². The van der Waals surface area contributed by atoms with Crippen molar-refractivity contribution in [1.29, 1.82) is 0 Å². The smallest absolute Gasteiger partial charge is 0.357 e. The first-order valence-corrected chi connectivity index (χ1v) is 15.4. The zero-order valence-electron chi connectivity index (χ0n) is 28.0. The van der Waals surface area contributed by atoms with E-state index in [0.29, 0.717) is 11.4 Å². The van der Waals surface area contributed by atoms with E-state index in [1.54, 1.807) is 58.4 Å². The SMILES string of the molecule is CC(C)(C)OC(=O)c1ccc(Br)cn1.Cn1cc(-c2ccc(C(=O)O)nc2)cn1.Cn1cc(-c2ccc(C(=O)OC(C)(C)C)nc2)cn1. The molecule has 48 heavy (non-hydrogen) atoms. The van der Waals surface area contributed by atoms with Crippen LogP contribution in [0.5, 0.6) is 0 Å². The molecule has 0 aromatic carbocycles. The van der Waals surface area contributed by atoms with E-state index < -0.39 is 29.1 Å². The van der Waals surface area contributed by atoms with Crippen LogP contribution in [-0.2, 0) is 23.6 Å². The quantitative estimate of drug-likeness (QED) is 0.199. The van der Waals surface area contributed by atoms with Crippen molar-refractivity contribution in [3.05, 3.63) is 101 Å². The Labute approximate surface area is 287 Å². The summed E-state index contributed by atoms with van der Waals surface area (Å²) in [4.78, 5) is 45.8. The number of hydrogen-bond donors (Lipinski definition) is 1. The van der Waals surface area contributed by atoms with Gasteiger partial charge in [-0.3, -0.25) is 9.36 Å². The number of carboxylic acid groups (broad SMARTS) is 1. The largest absolute Gasteiger partial charge is 0.477 e. The molecule has 0 atom stereocenters. The lowest BCUT2D eigenvalue weighted by Crippen LogP contribution is -2.24. The number of hydrogen-bond acceptors (Lipinski definition) is 10. The van der Waals surface area contributed by atoms with Gasteiger partial charge in [0.2, 0.25) is 0 Å². The first-order chi connectivity index (χ1) is 22.4. The number of ether oxygens (including phenoxy) is 2. The predicted octanol–water partition coefficient (Wildman–Crippen LogP) is 6.42. The number of carbonyl (C=O) groups is 3. The van der Waals surface area contributed by atoms with Crippen LogP contribution in [0.1, 0.15) is 73.0 Å². The Balaban J connectivity index is 0.000000198. The molecule has 0 aliphatic carbocycles. The third-order valence-corrected chi connectivity index (χ3v) is 6.24. The van der Waals surface area contributed by atoms with Crippen LogP contribution in [0.3, 0.4) is 0 Å². The maximum Gasteiger partial charge on any atom is 0.357 e. The normalized spacial score (nSPS) is 10.9. The number of nitrogens with zero attached hydrogens (tertiary/aromatic N) is 7. The van der Waals surface area contributed by atoms with Crippen LogP contribution >= 0.6 is 15.9 Å². The van der Waals surface area contributed by atoms with Gasteiger partial charge in [0.25, 0.3) is 0 Å². The molecule has 5 rings (SSSR count). The Morgan fingerprint density at radius 3 is 1.29 bits per heavy atom. The highest BCUT2D eigenvalue weighted by atomic mass is 79.9. The summed E-state index contributed by atoms with van der Waals surface area (Å²) in [5, 5.41) is 16.8. The first-order valence-electron chi connectivity index (χ1n) is 14.6. The van der Waals surface area contributed by atoms with Gasteiger partial charge in [0, 0.05) is 71.8 Å². The van der Waals surface area contributed by atoms with Gasteiger partial charge in [-0.05, 0) is 81.7 Å². The molecule has 14 heteroatoms. The molecule has 0 aliphatic rings. The Bertz CT molecular complexity index is 1820. The molecule has 0 amide bonds. The van der Waals surface area contributed by atoms with Gasteiger partial charge in [0.15, 0.2) is 0 Å². The minimum atomic E-state index is -1.02. The molecule has 5 heterocycles. The van der Waals surface area contributed by atoms with Gasteiger partial charge in [0.05, 0.1) is 12.4 Å². The Morgan fingerprint density at radius 2 is 1.00 bits per heavy atom. The van der Waals surface area contributed by atoms with Crippen LogP contribution in [0.25, 0.3) is 22.3 Å². The highest BCUT2D eigenvalue weighted by Crippen LogP contribution is 2.19. The van der Waals surface area contributed by atoms with Crippen molar-refractivity contribution in [3.63, 3.8) is 0 Å². The van der Waals surface area contributed by atoms with Crippen LogP contribution in [0.2, 0.25) is 0 Å². The molecule has 252 valence electrons. The van der Waals surface area contributed by atoms with E-state index in [1.807, 2.05) is 74.1 Å². The summed E-state index contributed by atoms with van der Waals surface area (Å²) in [5.74, 6) is -1.83. The van der Waals surface area contributed by atoms with Crippen LogP contribution < -0.4 is 0 Å². The Morgan fingerprint density at radius 1 is 0.604 bits per heavy atom. The van der Waals surface area contributed by atoms with Crippen molar-refractivity contribution in [3.8, 4) is 22.3 Å². The number of carbonyl (C=O) groups excluding carboxylic acids is 2. The van der Waals surface area contributed by atoms with E-state index in [0.717, 1.165) is 26.7 Å². The molecule has 0 saturated carbocycles. The average Bonchev–Trinajstić information content (AvgIpc) is 3.64. The summed E-state index contributed by atoms with van der Waals surface area (Å²) in [7, 11) is 3.68. The lowest BCUT2D eigenvalue weighted by atomic mass is 10.1. The zero-order valence-corrected chi connectivity index (χ0v) is 29.6.